The third-order valence-corrected chi connectivity index (χ3v) is 2.95. The average Bonchev–Trinajstić information content (AvgIpc) is 2.44. The van der Waals surface area contributed by atoms with Gasteiger partial charge in [0, 0.05) is 12.8 Å². The molecule has 1 aromatic rings. The van der Waals surface area contributed by atoms with Gasteiger partial charge in [0.2, 0.25) is 5.91 Å². The quantitative estimate of drug-likeness (QED) is 0.629. The molecule has 6 nitrogen and oxygen atoms in total. The lowest BCUT2D eigenvalue weighted by atomic mass is 10.3. The number of carbonyl (C=O) groups excluding carboxylic acids is 1. The smallest absolute Gasteiger partial charge is 0.235 e. The molecule has 1 aromatic heterocycles. The van der Waals surface area contributed by atoms with Gasteiger partial charge >= 0.3 is 0 Å². The van der Waals surface area contributed by atoms with Gasteiger partial charge in [-0.05, 0) is 6.92 Å². The van der Waals surface area contributed by atoms with Crippen LogP contribution in [0.2, 0.25) is 0 Å². The van der Waals surface area contributed by atoms with Gasteiger partial charge in [0.15, 0.2) is 5.16 Å². The van der Waals surface area contributed by atoms with Crippen LogP contribution in [-0.4, -0.2) is 32.5 Å². The Hall–Kier alpha value is -1.08. The zero-order valence-electron chi connectivity index (χ0n) is 8.10. The summed E-state index contributed by atoms with van der Waals surface area (Å²) in [5.41, 5.74) is 10.5. The van der Waals surface area contributed by atoms with E-state index in [1.54, 1.807) is 0 Å². The highest BCUT2D eigenvalue weighted by Gasteiger charge is 2.12. The van der Waals surface area contributed by atoms with Gasteiger partial charge in [0.25, 0.3) is 0 Å². The molecular formula is C7H13N5OS. The minimum Gasteiger partial charge on any atom is -0.368 e. The second-order valence-electron chi connectivity index (χ2n) is 2.91. The highest BCUT2D eigenvalue weighted by Crippen LogP contribution is 2.15. The standard InChI is InChI=1S/C7H13N5OS/c1-4-10-11-7(12(4)2)14-3-5(8)6(9)13/h5H,3,8H2,1-2H3,(H2,9,13). The number of primary amides is 1. The summed E-state index contributed by atoms with van der Waals surface area (Å²) in [5.74, 6) is 0.734. The summed E-state index contributed by atoms with van der Waals surface area (Å²) in [4.78, 5) is 10.7. The van der Waals surface area contributed by atoms with Crippen molar-refractivity contribution < 1.29 is 4.79 Å². The molecule has 0 aromatic carbocycles. The van der Waals surface area contributed by atoms with E-state index in [1.165, 1.54) is 11.8 Å². The van der Waals surface area contributed by atoms with E-state index in [-0.39, 0.29) is 0 Å². The Morgan fingerprint density at radius 1 is 1.64 bits per heavy atom. The van der Waals surface area contributed by atoms with Crippen LogP contribution >= 0.6 is 11.8 Å². The number of amides is 1. The van der Waals surface area contributed by atoms with Gasteiger partial charge in [-0.3, -0.25) is 4.79 Å². The molecule has 0 saturated carbocycles. The lowest BCUT2D eigenvalue weighted by molar-refractivity contribution is -0.118. The second kappa shape index (κ2) is 4.43. The Labute approximate surface area is 86.0 Å². The first-order valence-corrected chi connectivity index (χ1v) is 5.04. The first kappa shape index (κ1) is 11.0. The summed E-state index contributed by atoms with van der Waals surface area (Å²) in [6, 6.07) is -0.642. The van der Waals surface area contributed by atoms with E-state index >= 15 is 0 Å². The molecule has 0 saturated heterocycles. The third kappa shape index (κ3) is 2.46. The van der Waals surface area contributed by atoms with Gasteiger partial charge in [-0.1, -0.05) is 11.8 Å². The van der Waals surface area contributed by atoms with Crippen LogP contribution in [0.4, 0.5) is 0 Å². The third-order valence-electron chi connectivity index (χ3n) is 1.81. The van der Waals surface area contributed by atoms with Crippen molar-refractivity contribution in [3.8, 4) is 0 Å². The van der Waals surface area contributed by atoms with Gasteiger partial charge in [-0.2, -0.15) is 0 Å². The maximum Gasteiger partial charge on any atom is 0.235 e. The monoisotopic (exact) mass is 215 g/mol. The van der Waals surface area contributed by atoms with Crippen molar-refractivity contribution in [2.75, 3.05) is 5.75 Å². The average molecular weight is 215 g/mol. The Balaban J connectivity index is 2.54. The molecule has 1 atom stereocenters. The van der Waals surface area contributed by atoms with Crippen molar-refractivity contribution in [1.29, 1.82) is 0 Å². The molecule has 0 radical (unpaired) electrons. The van der Waals surface area contributed by atoms with Crippen LogP contribution in [0.15, 0.2) is 5.16 Å². The van der Waals surface area contributed by atoms with Crippen molar-refractivity contribution >= 4 is 17.7 Å². The molecule has 1 amide bonds. The minimum absolute atomic E-state index is 0.418. The maximum atomic E-state index is 10.7. The number of thioether (sulfide) groups is 1. The van der Waals surface area contributed by atoms with Crippen LogP contribution < -0.4 is 11.5 Å². The molecule has 1 unspecified atom stereocenters. The maximum absolute atomic E-state index is 10.7. The molecule has 4 N–H and O–H groups in total. The van der Waals surface area contributed by atoms with Crippen molar-refractivity contribution in [2.24, 2.45) is 18.5 Å². The molecule has 0 fully saturated rings. The van der Waals surface area contributed by atoms with Gasteiger partial charge in [-0.15, -0.1) is 10.2 Å². The highest BCUT2D eigenvalue weighted by molar-refractivity contribution is 7.99. The molecule has 0 bridgehead atoms. The molecule has 78 valence electrons. The van der Waals surface area contributed by atoms with Crippen molar-refractivity contribution in [2.45, 2.75) is 18.1 Å². The van der Waals surface area contributed by atoms with E-state index in [0.717, 1.165) is 11.0 Å². The summed E-state index contributed by atoms with van der Waals surface area (Å²) < 4.78 is 1.83. The molecule has 0 aliphatic carbocycles. The normalized spacial score (nSPS) is 12.8. The second-order valence-corrected chi connectivity index (χ2v) is 3.90. The highest BCUT2D eigenvalue weighted by atomic mass is 32.2. The number of aromatic nitrogens is 3. The fourth-order valence-electron chi connectivity index (χ4n) is 0.760. The van der Waals surface area contributed by atoms with Crippen LogP contribution in [0.5, 0.6) is 0 Å². The molecule has 0 aliphatic heterocycles. The summed E-state index contributed by atoms with van der Waals surface area (Å²) in [6.07, 6.45) is 0. The van der Waals surface area contributed by atoms with Crippen LogP contribution in [0.1, 0.15) is 5.82 Å². The van der Waals surface area contributed by atoms with E-state index in [0.29, 0.717) is 5.75 Å². The molecule has 14 heavy (non-hydrogen) atoms. The number of nitrogens with two attached hydrogens (primary N) is 2. The minimum atomic E-state index is -0.642. The first-order valence-electron chi connectivity index (χ1n) is 4.06. The van der Waals surface area contributed by atoms with E-state index in [2.05, 4.69) is 10.2 Å². The van der Waals surface area contributed by atoms with Crippen LogP contribution in [0.25, 0.3) is 0 Å². The molecular weight excluding hydrogens is 202 g/mol. The predicted octanol–water partition coefficient (Wildman–Crippen LogP) is -0.972. The number of rotatable bonds is 4. The molecule has 0 aliphatic rings. The predicted molar refractivity (Wildman–Crippen MR) is 53.6 cm³/mol. The number of hydrogen-bond donors (Lipinski definition) is 2. The first-order chi connectivity index (χ1) is 6.52. The number of aryl methyl sites for hydroxylation is 1. The van der Waals surface area contributed by atoms with Crippen molar-refractivity contribution in [3.05, 3.63) is 5.82 Å². The Morgan fingerprint density at radius 2 is 2.29 bits per heavy atom. The fraction of sp³-hybridized carbons (Fsp3) is 0.571. The molecule has 1 heterocycles. The lowest BCUT2D eigenvalue weighted by Crippen LogP contribution is -2.38. The Bertz CT molecular complexity index is 337. The van der Waals surface area contributed by atoms with E-state index in [9.17, 15) is 4.79 Å². The van der Waals surface area contributed by atoms with Gasteiger partial charge in [0.1, 0.15) is 5.82 Å². The zero-order valence-corrected chi connectivity index (χ0v) is 8.91. The number of hydrogen-bond acceptors (Lipinski definition) is 5. The molecule has 7 heteroatoms. The summed E-state index contributed by atoms with van der Waals surface area (Å²) >= 11 is 1.37. The van der Waals surface area contributed by atoms with Crippen molar-refractivity contribution in [3.63, 3.8) is 0 Å². The molecule has 1 rings (SSSR count). The molecule has 0 spiro atoms. The van der Waals surface area contributed by atoms with Gasteiger partial charge in [0.05, 0.1) is 6.04 Å². The lowest BCUT2D eigenvalue weighted by Gasteiger charge is -2.05. The van der Waals surface area contributed by atoms with E-state index in [1.807, 2.05) is 18.5 Å². The Kier molecular flexibility index (Phi) is 3.48. The zero-order chi connectivity index (χ0) is 10.7. The van der Waals surface area contributed by atoms with E-state index in [4.69, 9.17) is 11.5 Å². The fourth-order valence-corrected chi connectivity index (χ4v) is 1.68. The Morgan fingerprint density at radius 3 is 2.71 bits per heavy atom. The number of carbonyl (C=O) groups is 1. The van der Waals surface area contributed by atoms with E-state index < -0.39 is 11.9 Å². The van der Waals surface area contributed by atoms with Crippen LogP contribution in [0, 0.1) is 6.92 Å². The van der Waals surface area contributed by atoms with Gasteiger partial charge < -0.3 is 16.0 Å². The summed E-state index contributed by atoms with van der Waals surface area (Å²) in [5, 5.41) is 8.52. The largest absolute Gasteiger partial charge is 0.368 e. The number of nitrogens with zero attached hydrogens (tertiary/aromatic N) is 3. The SMILES string of the molecule is Cc1nnc(SCC(N)C(N)=O)n1C. The summed E-state index contributed by atoms with van der Waals surface area (Å²) in [6.45, 7) is 1.85. The van der Waals surface area contributed by atoms with Crippen LogP contribution in [0.3, 0.4) is 0 Å². The van der Waals surface area contributed by atoms with Crippen LogP contribution in [-0.2, 0) is 11.8 Å². The summed E-state index contributed by atoms with van der Waals surface area (Å²) in [7, 11) is 1.85. The van der Waals surface area contributed by atoms with Gasteiger partial charge in [-0.25, -0.2) is 0 Å². The van der Waals surface area contributed by atoms with Crippen molar-refractivity contribution in [1.82, 2.24) is 14.8 Å². The topological polar surface area (TPSA) is 99.8 Å².